The van der Waals surface area contributed by atoms with E-state index in [9.17, 15) is 4.79 Å². The van der Waals surface area contributed by atoms with Gasteiger partial charge in [0, 0.05) is 23.5 Å². The minimum Gasteiger partial charge on any atom is -0.370 e. The van der Waals surface area contributed by atoms with E-state index in [0.29, 0.717) is 16.3 Å². The topological polar surface area (TPSA) is 57.3 Å². The number of anilines is 2. The molecule has 5 nitrogen and oxygen atoms in total. The number of rotatable bonds is 7. The summed E-state index contributed by atoms with van der Waals surface area (Å²) in [7, 11) is 4.10. The van der Waals surface area contributed by atoms with Gasteiger partial charge in [-0.1, -0.05) is 11.6 Å². The second kappa shape index (κ2) is 8.50. The van der Waals surface area contributed by atoms with Crippen molar-refractivity contribution >= 4 is 29.0 Å². The lowest BCUT2D eigenvalue weighted by Gasteiger charge is -2.10. The number of hydrogen-bond acceptors (Lipinski definition) is 4. The maximum Gasteiger partial charge on any atom is 0.257 e. The van der Waals surface area contributed by atoms with E-state index in [0.717, 1.165) is 25.3 Å². The Labute approximate surface area is 141 Å². The molecule has 2 N–H and O–H groups in total. The first-order chi connectivity index (χ1) is 11.0. The number of halogens is 1. The van der Waals surface area contributed by atoms with Crippen molar-refractivity contribution in [1.82, 2.24) is 9.88 Å². The molecule has 1 heterocycles. The quantitative estimate of drug-likeness (QED) is 0.763. The van der Waals surface area contributed by atoms with E-state index in [1.54, 1.807) is 36.5 Å². The number of benzene rings is 1. The van der Waals surface area contributed by atoms with Gasteiger partial charge in [-0.15, -0.1) is 0 Å². The third-order valence-corrected chi connectivity index (χ3v) is 3.47. The van der Waals surface area contributed by atoms with Crippen LogP contribution in [0.4, 0.5) is 11.5 Å². The van der Waals surface area contributed by atoms with Gasteiger partial charge in [-0.2, -0.15) is 0 Å². The summed E-state index contributed by atoms with van der Waals surface area (Å²) in [5, 5.41) is 6.68. The molecular weight excluding hydrogens is 312 g/mol. The number of amides is 1. The van der Waals surface area contributed by atoms with Crippen LogP contribution in [0.25, 0.3) is 0 Å². The lowest BCUT2D eigenvalue weighted by Crippen LogP contribution is -2.17. The zero-order valence-corrected chi connectivity index (χ0v) is 14.1. The number of nitrogens with zero attached hydrogens (tertiary/aromatic N) is 2. The van der Waals surface area contributed by atoms with Gasteiger partial charge >= 0.3 is 0 Å². The third kappa shape index (κ3) is 5.88. The normalized spacial score (nSPS) is 10.6. The van der Waals surface area contributed by atoms with E-state index in [1.807, 2.05) is 20.2 Å². The summed E-state index contributed by atoms with van der Waals surface area (Å²) < 4.78 is 0. The van der Waals surface area contributed by atoms with Crippen LogP contribution < -0.4 is 10.6 Å². The van der Waals surface area contributed by atoms with Crippen molar-refractivity contribution < 1.29 is 4.79 Å². The predicted molar refractivity (Wildman–Crippen MR) is 95.3 cm³/mol. The molecule has 0 bridgehead atoms. The van der Waals surface area contributed by atoms with E-state index in [-0.39, 0.29) is 5.91 Å². The van der Waals surface area contributed by atoms with Crippen LogP contribution in [0.3, 0.4) is 0 Å². The average molecular weight is 333 g/mol. The van der Waals surface area contributed by atoms with Gasteiger partial charge in [0.05, 0.1) is 5.56 Å². The summed E-state index contributed by atoms with van der Waals surface area (Å²) in [5.41, 5.74) is 1.21. The first-order valence-electron chi connectivity index (χ1n) is 7.46. The Kier molecular flexibility index (Phi) is 6.38. The molecule has 0 aliphatic heterocycles. The van der Waals surface area contributed by atoms with Crippen molar-refractivity contribution in [2.45, 2.75) is 6.42 Å². The van der Waals surface area contributed by atoms with Crippen LogP contribution >= 0.6 is 11.6 Å². The molecule has 6 heteroatoms. The maximum absolute atomic E-state index is 12.1. The lowest BCUT2D eigenvalue weighted by molar-refractivity contribution is 0.102. The summed E-state index contributed by atoms with van der Waals surface area (Å²) in [6.07, 6.45) is 2.60. The predicted octanol–water partition coefficient (Wildman–Crippen LogP) is 3.35. The number of nitrogens with one attached hydrogen (secondary N) is 2. The Hall–Kier alpha value is -2.11. The van der Waals surface area contributed by atoms with Crippen LogP contribution in [0, 0.1) is 0 Å². The van der Waals surface area contributed by atoms with Gasteiger partial charge in [-0.05, 0) is 63.5 Å². The fourth-order valence-electron chi connectivity index (χ4n) is 1.98. The molecule has 0 fully saturated rings. The molecule has 0 spiro atoms. The van der Waals surface area contributed by atoms with E-state index < -0.39 is 0 Å². The van der Waals surface area contributed by atoms with E-state index in [2.05, 4.69) is 20.5 Å². The monoisotopic (exact) mass is 332 g/mol. The second-order valence-electron chi connectivity index (χ2n) is 5.48. The Morgan fingerprint density at radius 3 is 2.52 bits per heavy atom. The van der Waals surface area contributed by atoms with Crippen LogP contribution in [-0.4, -0.2) is 43.0 Å². The Morgan fingerprint density at radius 2 is 1.91 bits per heavy atom. The highest BCUT2D eigenvalue weighted by atomic mass is 35.5. The third-order valence-electron chi connectivity index (χ3n) is 3.22. The first kappa shape index (κ1) is 17.2. The summed E-state index contributed by atoms with van der Waals surface area (Å²) in [5.74, 6) is 0.575. The largest absolute Gasteiger partial charge is 0.370 e. The van der Waals surface area contributed by atoms with Gasteiger partial charge in [-0.3, -0.25) is 4.79 Å². The second-order valence-corrected chi connectivity index (χ2v) is 5.91. The van der Waals surface area contributed by atoms with Crippen molar-refractivity contribution in [2.24, 2.45) is 0 Å². The molecule has 1 aromatic heterocycles. The minimum atomic E-state index is -0.195. The summed E-state index contributed by atoms with van der Waals surface area (Å²) >= 11 is 5.82. The van der Waals surface area contributed by atoms with Gasteiger partial charge in [-0.25, -0.2) is 4.98 Å². The Morgan fingerprint density at radius 1 is 1.17 bits per heavy atom. The van der Waals surface area contributed by atoms with Crippen LogP contribution in [0.2, 0.25) is 5.02 Å². The molecule has 122 valence electrons. The van der Waals surface area contributed by atoms with Crippen molar-refractivity contribution in [3.63, 3.8) is 0 Å². The van der Waals surface area contributed by atoms with E-state index in [1.165, 1.54) is 0 Å². The van der Waals surface area contributed by atoms with Crippen LogP contribution in [-0.2, 0) is 0 Å². The van der Waals surface area contributed by atoms with Crippen molar-refractivity contribution in [1.29, 1.82) is 0 Å². The molecule has 0 atom stereocenters. The molecule has 0 aliphatic rings. The fourth-order valence-corrected chi connectivity index (χ4v) is 2.11. The molecule has 1 aromatic carbocycles. The minimum absolute atomic E-state index is 0.195. The molecule has 2 rings (SSSR count). The smallest absolute Gasteiger partial charge is 0.257 e. The van der Waals surface area contributed by atoms with Gasteiger partial charge in [0.1, 0.15) is 5.82 Å². The van der Waals surface area contributed by atoms with Gasteiger partial charge < -0.3 is 15.5 Å². The first-order valence-corrected chi connectivity index (χ1v) is 7.84. The molecule has 23 heavy (non-hydrogen) atoms. The SMILES string of the molecule is CN(C)CCCNc1ccc(C(=O)Nc2ccc(Cl)cc2)cn1. The van der Waals surface area contributed by atoms with Crippen LogP contribution in [0.5, 0.6) is 0 Å². The number of carbonyl (C=O) groups excluding carboxylic acids is 1. The Balaban J connectivity index is 1.86. The summed E-state index contributed by atoms with van der Waals surface area (Å²) in [6.45, 7) is 1.87. The van der Waals surface area contributed by atoms with Crippen LogP contribution in [0.15, 0.2) is 42.6 Å². The number of carbonyl (C=O) groups is 1. The summed E-state index contributed by atoms with van der Waals surface area (Å²) in [6, 6.07) is 10.5. The lowest BCUT2D eigenvalue weighted by atomic mass is 10.2. The standard InChI is InChI=1S/C17H21ClN4O/c1-22(2)11-3-10-19-16-9-4-13(12-20-16)17(23)21-15-7-5-14(18)6-8-15/h4-9,12H,3,10-11H2,1-2H3,(H,19,20)(H,21,23). The molecule has 0 aliphatic carbocycles. The number of pyridine rings is 1. The maximum atomic E-state index is 12.1. The van der Waals surface area contributed by atoms with E-state index >= 15 is 0 Å². The fraction of sp³-hybridized carbons (Fsp3) is 0.294. The molecular formula is C17H21ClN4O. The average Bonchev–Trinajstić information content (AvgIpc) is 2.54. The molecule has 1 amide bonds. The number of hydrogen-bond donors (Lipinski definition) is 2. The number of aromatic nitrogens is 1. The highest BCUT2D eigenvalue weighted by Gasteiger charge is 2.06. The molecule has 0 unspecified atom stereocenters. The van der Waals surface area contributed by atoms with E-state index in [4.69, 9.17) is 11.6 Å². The van der Waals surface area contributed by atoms with Gasteiger partial charge in [0.25, 0.3) is 5.91 Å². The van der Waals surface area contributed by atoms with Crippen molar-refractivity contribution in [2.75, 3.05) is 37.8 Å². The molecule has 0 saturated heterocycles. The highest BCUT2D eigenvalue weighted by Crippen LogP contribution is 2.14. The molecule has 0 saturated carbocycles. The van der Waals surface area contributed by atoms with Crippen molar-refractivity contribution in [3.05, 3.63) is 53.2 Å². The highest BCUT2D eigenvalue weighted by molar-refractivity contribution is 6.30. The molecule has 0 radical (unpaired) electrons. The summed E-state index contributed by atoms with van der Waals surface area (Å²) in [4.78, 5) is 18.5. The van der Waals surface area contributed by atoms with Crippen LogP contribution in [0.1, 0.15) is 16.8 Å². The van der Waals surface area contributed by atoms with Gasteiger partial charge in [0.15, 0.2) is 0 Å². The zero-order valence-electron chi connectivity index (χ0n) is 13.3. The molecule has 2 aromatic rings. The van der Waals surface area contributed by atoms with Gasteiger partial charge in [0.2, 0.25) is 0 Å². The Bertz CT molecular complexity index is 626. The zero-order chi connectivity index (χ0) is 16.7. The van der Waals surface area contributed by atoms with Crippen molar-refractivity contribution in [3.8, 4) is 0 Å².